The van der Waals surface area contributed by atoms with Gasteiger partial charge in [-0.2, -0.15) is 13.2 Å². The summed E-state index contributed by atoms with van der Waals surface area (Å²) in [6.45, 7) is 5.38. The summed E-state index contributed by atoms with van der Waals surface area (Å²) in [4.78, 5) is 20.4. The van der Waals surface area contributed by atoms with Crippen molar-refractivity contribution in [1.29, 1.82) is 0 Å². The van der Waals surface area contributed by atoms with E-state index in [9.17, 15) is 18.0 Å². The Bertz CT molecular complexity index is 811. The zero-order valence-electron chi connectivity index (χ0n) is 14.4. The molecule has 0 saturated heterocycles. The molecule has 1 unspecified atom stereocenters. The number of nitrogens with one attached hydrogen (secondary N) is 2. The van der Waals surface area contributed by atoms with E-state index in [0.717, 1.165) is 18.6 Å². The Morgan fingerprint density at radius 3 is 2.58 bits per heavy atom. The van der Waals surface area contributed by atoms with Gasteiger partial charge in [-0.15, -0.1) is 0 Å². The quantitative estimate of drug-likeness (QED) is 0.779. The standard InChI is InChI=1S/C17H18ClF3N4O/c1-4-9(2)22-16(26)14-8-15(24-10(3)23-14)25-11-5-6-13(18)12(7-11)17(19,20)21/h5-9H,4H2,1-3H3,(H,22,26)(H,23,24,25). The van der Waals surface area contributed by atoms with E-state index in [1.165, 1.54) is 12.1 Å². The molecule has 0 spiro atoms. The monoisotopic (exact) mass is 386 g/mol. The molecule has 1 heterocycles. The number of nitrogens with zero attached hydrogens (tertiary/aromatic N) is 2. The molecule has 1 aromatic heterocycles. The van der Waals surface area contributed by atoms with Crippen LogP contribution < -0.4 is 10.6 Å². The van der Waals surface area contributed by atoms with Gasteiger partial charge >= 0.3 is 6.18 Å². The largest absolute Gasteiger partial charge is 0.417 e. The zero-order chi connectivity index (χ0) is 19.5. The van der Waals surface area contributed by atoms with Crippen LogP contribution in [0.15, 0.2) is 24.3 Å². The number of anilines is 2. The van der Waals surface area contributed by atoms with Gasteiger partial charge in [-0.05, 0) is 38.5 Å². The number of amides is 1. The summed E-state index contributed by atoms with van der Waals surface area (Å²) < 4.78 is 38.9. The lowest BCUT2D eigenvalue weighted by Gasteiger charge is -2.14. The second-order valence-electron chi connectivity index (χ2n) is 5.79. The van der Waals surface area contributed by atoms with Gasteiger partial charge in [0.2, 0.25) is 0 Å². The fourth-order valence-corrected chi connectivity index (χ4v) is 2.34. The zero-order valence-corrected chi connectivity index (χ0v) is 15.2. The molecule has 140 valence electrons. The predicted octanol–water partition coefficient (Wildman–Crippen LogP) is 4.73. The van der Waals surface area contributed by atoms with Crippen molar-refractivity contribution in [1.82, 2.24) is 15.3 Å². The number of alkyl halides is 3. The van der Waals surface area contributed by atoms with Crippen LogP contribution >= 0.6 is 11.6 Å². The second kappa shape index (κ2) is 7.90. The number of hydrogen-bond acceptors (Lipinski definition) is 4. The molecule has 1 atom stereocenters. The number of aryl methyl sites for hydroxylation is 1. The summed E-state index contributed by atoms with van der Waals surface area (Å²) in [6.07, 6.45) is -3.82. The van der Waals surface area contributed by atoms with Crippen molar-refractivity contribution in [2.45, 2.75) is 39.4 Å². The maximum Gasteiger partial charge on any atom is 0.417 e. The van der Waals surface area contributed by atoms with Crippen molar-refractivity contribution in [2.24, 2.45) is 0 Å². The van der Waals surface area contributed by atoms with E-state index in [-0.39, 0.29) is 29.1 Å². The van der Waals surface area contributed by atoms with Gasteiger partial charge in [0.25, 0.3) is 5.91 Å². The van der Waals surface area contributed by atoms with E-state index in [4.69, 9.17) is 11.6 Å². The van der Waals surface area contributed by atoms with Crippen LogP contribution in [0.3, 0.4) is 0 Å². The van der Waals surface area contributed by atoms with Crippen LogP contribution in [-0.4, -0.2) is 21.9 Å². The smallest absolute Gasteiger partial charge is 0.348 e. The Balaban J connectivity index is 2.29. The minimum Gasteiger partial charge on any atom is -0.348 e. The van der Waals surface area contributed by atoms with Gasteiger partial charge in [0.1, 0.15) is 17.3 Å². The van der Waals surface area contributed by atoms with Crippen molar-refractivity contribution < 1.29 is 18.0 Å². The molecule has 1 aromatic carbocycles. The molecule has 0 radical (unpaired) electrons. The molecule has 1 amide bonds. The molecule has 0 bridgehead atoms. The first-order valence-corrected chi connectivity index (χ1v) is 8.28. The summed E-state index contributed by atoms with van der Waals surface area (Å²) in [5.74, 6) is 0.150. The lowest BCUT2D eigenvalue weighted by atomic mass is 10.2. The first-order chi connectivity index (χ1) is 12.1. The first-order valence-electron chi connectivity index (χ1n) is 7.90. The van der Waals surface area contributed by atoms with Crippen molar-refractivity contribution in [3.05, 3.63) is 46.4 Å². The topological polar surface area (TPSA) is 66.9 Å². The lowest BCUT2D eigenvalue weighted by Crippen LogP contribution is -2.32. The normalized spacial score (nSPS) is 12.6. The molecular weight excluding hydrogens is 369 g/mol. The molecule has 2 N–H and O–H groups in total. The summed E-state index contributed by atoms with van der Waals surface area (Å²) >= 11 is 5.61. The maximum absolute atomic E-state index is 13.0. The summed E-state index contributed by atoms with van der Waals surface area (Å²) in [5.41, 5.74) is -0.678. The average Bonchev–Trinajstić information content (AvgIpc) is 2.54. The van der Waals surface area contributed by atoms with E-state index >= 15 is 0 Å². The molecule has 2 rings (SSSR count). The number of benzene rings is 1. The van der Waals surface area contributed by atoms with E-state index in [1.807, 2.05) is 13.8 Å². The fourth-order valence-electron chi connectivity index (χ4n) is 2.12. The summed E-state index contributed by atoms with van der Waals surface area (Å²) in [5, 5.41) is 5.14. The van der Waals surface area contributed by atoms with Crippen LogP contribution in [0.5, 0.6) is 0 Å². The predicted molar refractivity (Wildman–Crippen MR) is 93.7 cm³/mol. The Kier molecular flexibility index (Phi) is 6.07. The molecule has 0 saturated carbocycles. The van der Waals surface area contributed by atoms with Gasteiger partial charge in [0.05, 0.1) is 10.6 Å². The highest BCUT2D eigenvalue weighted by atomic mass is 35.5. The molecule has 2 aromatic rings. The van der Waals surface area contributed by atoms with Crippen molar-refractivity contribution in [3.63, 3.8) is 0 Å². The van der Waals surface area contributed by atoms with Gasteiger partial charge in [0.15, 0.2) is 0 Å². The molecule has 9 heteroatoms. The maximum atomic E-state index is 13.0. The molecule has 0 aliphatic rings. The Morgan fingerprint density at radius 2 is 1.96 bits per heavy atom. The first kappa shape index (κ1) is 20.0. The van der Waals surface area contributed by atoms with Crippen molar-refractivity contribution in [2.75, 3.05) is 5.32 Å². The van der Waals surface area contributed by atoms with Crippen LogP contribution in [0, 0.1) is 6.92 Å². The molecule has 0 aliphatic carbocycles. The van der Waals surface area contributed by atoms with Gasteiger partial charge in [-0.25, -0.2) is 9.97 Å². The Labute approximate surface area is 154 Å². The molecule has 5 nitrogen and oxygen atoms in total. The van der Waals surface area contributed by atoms with Crippen molar-refractivity contribution >= 4 is 29.0 Å². The highest BCUT2D eigenvalue weighted by Crippen LogP contribution is 2.36. The number of carbonyl (C=O) groups is 1. The minimum atomic E-state index is -4.57. The van der Waals surface area contributed by atoms with Gasteiger partial charge in [-0.1, -0.05) is 18.5 Å². The van der Waals surface area contributed by atoms with Gasteiger partial charge in [-0.3, -0.25) is 4.79 Å². The fraction of sp³-hybridized carbons (Fsp3) is 0.353. The van der Waals surface area contributed by atoms with E-state index < -0.39 is 16.8 Å². The van der Waals surface area contributed by atoms with Crippen LogP contribution in [0.4, 0.5) is 24.7 Å². The Hall–Kier alpha value is -2.35. The minimum absolute atomic E-state index is 0.0280. The number of carbonyl (C=O) groups excluding carboxylic acids is 1. The Morgan fingerprint density at radius 1 is 1.27 bits per heavy atom. The highest BCUT2D eigenvalue weighted by Gasteiger charge is 2.33. The van der Waals surface area contributed by atoms with E-state index in [2.05, 4.69) is 20.6 Å². The molecule has 0 fully saturated rings. The highest BCUT2D eigenvalue weighted by molar-refractivity contribution is 6.31. The second-order valence-corrected chi connectivity index (χ2v) is 6.19. The molecule has 26 heavy (non-hydrogen) atoms. The average molecular weight is 387 g/mol. The molecule has 0 aliphatic heterocycles. The van der Waals surface area contributed by atoms with Gasteiger partial charge < -0.3 is 10.6 Å². The lowest BCUT2D eigenvalue weighted by molar-refractivity contribution is -0.137. The number of aromatic nitrogens is 2. The van der Waals surface area contributed by atoms with Crippen molar-refractivity contribution in [3.8, 4) is 0 Å². The number of hydrogen-bond donors (Lipinski definition) is 2. The third-order valence-electron chi connectivity index (χ3n) is 3.60. The SMILES string of the molecule is CCC(C)NC(=O)c1cc(Nc2ccc(Cl)c(C(F)(F)F)c2)nc(C)n1. The third-order valence-corrected chi connectivity index (χ3v) is 3.93. The number of halogens is 4. The molecular formula is C17H18ClF3N4O. The van der Waals surface area contributed by atoms with E-state index in [1.54, 1.807) is 6.92 Å². The third kappa shape index (κ3) is 5.08. The van der Waals surface area contributed by atoms with E-state index in [0.29, 0.717) is 5.82 Å². The van der Waals surface area contributed by atoms with Gasteiger partial charge in [0, 0.05) is 17.8 Å². The summed E-state index contributed by atoms with van der Waals surface area (Å²) in [6, 6.07) is 4.79. The summed E-state index contributed by atoms with van der Waals surface area (Å²) in [7, 11) is 0. The number of rotatable bonds is 5. The van der Waals surface area contributed by atoms with Crippen LogP contribution in [0.1, 0.15) is 42.1 Å². The van der Waals surface area contributed by atoms with Crippen LogP contribution in [0.2, 0.25) is 5.02 Å². The van der Waals surface area contributed by atoms with Crippen LogP contribution in [0.25, 0.3) is 0 Å². The van der Waals surface area contributed by atoms with Crippen LogP contribution in [-0.2, 0) is 6.18 Å².